The molecule has 0 bridgehead atoms. The van der Waals surface area contributed by atoms with E-state index in [1.807, 2.05) is 49.4 Å². The fourth-order valence-electron chi connectivity index (χ4n) is 3.50. The average Bonchev–Trinajstić information content (AvgIpc) is 2.72. The van der Waals surface area contributed by atoms with E-state index >= 15 is 0 Å². The normalized spacial score (nSPS) is 10.8. The second-order valence-electron chi connectivity index (χ2n) is 6.83. The van der Waals surface area contributed by atoms with Gasteiger partial charge in [0.2, 0.25) is 0 Å². The fraction of sp³-hybridized carbons (Fsp3) is 0.0435. The van der Waals surface area contributed by atoms with E-state index in [0.29, 0.717) is 11.1 Å². The molecule has 0 amide bonds. The van der Waals surface area contributed by atoms with Crippen LogP contribution in [0.3, 0.4) is 0 Å². The first-order valence-corrected chi connectivity index (χ1v) is 8.97. The summed E-state index contributed by atoms with van der Waals surface area (Å²) in [5.41, 5.74) is 3.44. The van der Waals surface area contributed by atoms with Gasteiger partial charge in [0.05, 0.1) is 21.0 Å². The second kappa shape index (κ2) is 7.16. The highest BCUT2D eigenvalue weighted by atomic mass is 16.6. The number of hydrogen-bond acceptors (Lipinski definition) is 4. The van der Waals surface area contributed by atoms with Crippen molar-refractivity contribution in [3.63, 3.8) is 0 Å². The van der Waals surface area contributed by atoms with Crippen LogP contribution in [-0.2, 0) is 0 Å². The molecular weight excluding hydrogens is 368 g/mol. The molecule has 0 fully saturated rings. The van der Waals surface area contributed by atoms with Gasteiger partial charge < -0.3 is 0 Å². The molecule has 0 aromatic heterocycles. The van der Waals surface area contributed by atoms with Gasteiger partial charge in [0, 0.05) is 12.1 Å². The van der Waals surface area contributed by atoms with Crippen LogP contribution in [0.25, 0.3) is 33.0 Å². The highest BCUT2D eigenvalue weighted by Crippen LogP contribution is 2.35. The zero-order valence-corrected chi connectivity index (χ0v) is 15.5. The Morgan fingerprint density at radius 3 is 1.83 bits per heavy atom. The lowest BCUT2D eigenvalue weighted by molar-refractivity contribution is -0.384. The summed E-state index contributed by atoms with van der Waals surface area (Å²) in [5, 5.41) is 24.7. The van der Waals surface area contributed by atoms with Gasteiger partial charge in [-0.1, -0.05) is 42.5 Å². The van der Waals surface area contributed by atoms with Crippen LogP contribution in [0.4, 0.5) is 11.4 Å². The van der Waals surface area contributed by atoms with Gasteiger partial charge in [0.15, 0.2) is 0 Å². The quantitative estimate of drug-likeness (QED) is 0.305. The van der Waals surface area contributed by atoms with E-state index in [2.05, 4.69) is 0 Å². The van der Waals surface area contributed by atoms with E-state index in [9.17, 15) is 20.2 Å². The largest absolute Gasteiger partial charge is 0.277 e. The highest BCUT2D eigenvalue weighted by molar-refractivity contribution is 5.92. The maximum Gasteiger partial charge on any atom is 0.277 e. The predicted molar refractivity (Wildman–Crippen MR) is 113 cm³/mol. The van der Waals surface area contributed by atoms with Crippen LogP contribution >= 0.6 is 0 Å². The number of aryl methyl sites for hydroxylation is 1. The van der Waals surface area contributed by atoms with Crippen molar-refractivity contribution < 1.29 is 9.85 Å². The third-order valence-electron chi connectivity index (χ3n) is 4.91. The number of benzene rings is 4. The molecule has 142 valence electrons. The minimum atomic E-state index is -0.397. The number of hydrogen-bond donors (Lipinski definition) is 0. The molecule has 0 aliphatic rings. The van der Waals surface area contributed by atoms with E-state index < -0.39 is 4.92 Å². The molecule has 0 spiro atoms. The Morgan fingerprint density at radius 1 is 0.621 bits per heavy atom. The van der Waals surface area contributed by atoms with Crippen molar-refractivity contribution in [2.24, 2.45) is 0 Å². The Morgan fingerprint density at radius 2 is 1.21 bits per heavy atom. The Labute approximate surface area is 166 Å². The summed E-state index contributed by atoms with van der Waals surface area (Å²) in [6.07, 6.45) is 0. The Balaban J connectivity index is 1.88. The van der Waals surface area contributed by atoms with Crippen molar-refractivity contribution in [2.45, 2.75) is 6.92 Å². The summed E-state index contributed by atoms with van der Waals surface area (Å²) in [6, 6.07) is 23.0. The first-order chi connectivity index (χ1) is 13.9. The molecule has 6 nitrogen and oxygen atoms in total. The Kier molecular flexibility index (Phi) is 4.52. The van der Waals surface area contributed by atoms with Crippen LogP contribution in [0, 0.1) is 27.2 Å². The van der Waals surface area contributed by atoms with Gasteiger partial charge in [-0.2, -0.15) is 0 Å². The van der Waals surface area contributed by atoms with Crippen LogP contribution in [0.15, 0.2) is 78.9 Å². The van der Waals surface area contributed by atoms with Crippen molar-refractivity contribution in [1.82, 2.24) is 0 Å². The summed E-state index contributed by atoms with van der Waals surface area (Å²) < 4.78 is 0. The summed E-state index contributed by atoms with van der Waals surface area (Å²) in [7, 11) is 0. The zero-order valence-electron chi connectivity index (χ0n) is 15.5. The van der Waals surface area contributed by atoms with Gasteiger partial charge in [0.25, 0.3) is 11.4 Å². The number of nitro groups is 2. The van der Waals surface area contributed by atoms with E-state index in [1.54, 1.807) is 30.3 Å². The molecule has 0 heterocycles. The van der Waals surface area contributed by atoms with Crippen LogP contribution in [0.2, 0.25) is 0 Å². The zero-order chi connectivity index (χ0) is 20.5. The topological polar surface area (TPSA) is 86.3 Å². The average molecular weight is 384 g/mol. The molecule has 29 heavy (non-hydrogen) atoms. The van der Waals surface area contributed by atoms with E-state index in [0.717, 1.165) is 27.5 Å². The molecule has 0 aliphatic heterocycles. The van der Waals surface area contributed by atoms with Crippen molar-refractivity contribution >= 4 is 22.1 Å². The molecule has 0 atom stereocenters. The summed E-state index contributed by atoms with van der Waals surface area (Å²) in [5.74, 6) is 0. The summed E-state index contributed by atoms with van der Waals surface area (Å²) in [6.45, 7) is 1.82. The molecule has 0 N–H and O–H groups in total. The van der Waals surface area contributed by atoms with E-state index in [-0.39, 0.29) is 16.3 Å². The summed E-state index contributed by atoms with van der Waals surface area (Å²) >= 11 is 0. The molecule has 0 saturated heterocycles. The molecule has 0 unspecified atom stereocenters. The molecule has 4 rings (SSSR count). The standard InChI is InChI=1S/C23H16N2O4/c1-15-6-11-21(23(12-15)25(28)29)18-10-8-16-7-9-17(13-19(16)14-18)20-4-2-3-5-22(20)24(26)27/h2-14H,1H3. The van der Waals surface area contributed by atoms with Gasteiger partial charge in [-0.3, -0.25) is 20.2 Å². The third-order valence-corrected chi connectivity index (χ3v) is 4.91. The van der Waals surface area contributed by atoms with Crippen LogP contribution < -0.4 is 0 Å². The third kappa shape index (κ3) is 3.43. The number of para-hydroxylation sites is 1. The number of nitro benzene ring substituents is 2. The van der Waals surface area contributed by atoms with Crippen molar-refractivity contribution in [3.8, 4) is 22.3 Å². The first kappa shape index (κ1) is 18.3. The number of nitrogens with zero attached hydrogens (tertiary/aromatic N) is 2. The molecule has 0 radical (unpaired) electrons. The highest BCUT2D eigenvalue weighted by Gasteiger charge is 2.17. The first-order valence-electron chi connectivity index (χ1n) is 8.97. The Bertz CT molecular complexity index is 1280. The Hall–Kier alpha value is -4.06. The van der Waals surface area contributed by atoms with E-state index in [1.165, 1.54) is 6.07 Å². The molecule has 0 saturated carbocycles. The SMILES string of the molecule is Cc1ccc(-c2ccc3ccc(-c4ccccc4[N+](=O)[O-])cc3c2)c([N+](=O)[O-])c1. The molecular formula is C23H16N2O4. The smallest absolute Gasteiger partial charge is 0.258 e. The summed E-state index contributed by atoms with van der Waals surface area (Å²) in [4.78, 5) is 22.1. The number of rotatable bonds is 4. The van der Waals surface area contributed by atoms with Crippen molar-refractivity contribution in [2.75, 3.05) is 0 Å². The van der Waals surface area contributed by atoms with Crippen molar-refractivity contribution in [3.05, 3.63) is 105 Å². The van der Waals surface area contributed by atoms with E-state index in [4.69, 9.17) is 0 Å². The minimum absolute atomic E-state index is 0.0391. The maximum atomic E-state index is 11.5. The molecule has 6 heteroatoms. The molecule has 4 aromatic carbocycles. The lowest BCUT2D eigenvalue weighted by atomic mass is 9.96. The molecule has 4 aromatic rings. The van der Waals surface area contributed by atoms with Crippen LogP contribution in [0.1, 0.15) is 5.56 Å². The second-order valence-corrected chi connectivity index (χ2v) is 6.83. The fourth-order valence-corrected chi connectivity index (χ4v) is 3.50. The van der Waals surface area contributed by atoms with Gasteiger partial charge >= 0.3 is 0 Å². The monoisotopic (exact) mass is 384 g/mol. The molecule has 0 aliphatic carbocycles. The van der Waals surface area contributed by atoms with Gasteiger partial charge in [0.1, 0.15) is 0 Å². The van der Waals surface area contributed by atoms with Gasteiger partial charge in [-0.15, -0.1) is 0 Å². The minimum Gasteiger partial charge on any atom is -0.258 e. The predicted octanol–water partition coefficient (Wildman–Crippen LogP) is 6.30. The lowest BCUT2D eigenvalue weighted by Gasteiger charge is -2.08. The van der Waals surface area contributed by atoms with Gasteiger partial charge in [-0.05, 0) is 58.7 Å². The maximum absolute atomic E-state index is 11.5. The lowest BCUT2D eigenvalue weighted by Crippen LogP contribution is -1.93. The van der Waals surface area contributed by atoms with Crippen LogP contribution in [0.5, 0.6) is 0 Å². The van der Waals surface area contributed by atoms with Crippen molar-refractivity contribution in [1.29, 1.82) is 0 Å². The number of fused-ring (bicyclic) bond motifs is 1. The van der Waals surface area contributed by atoms with Crippen LogP contribution in [-0.4, -0.2) is 9.85 Å². The van der Waals surface area contributed by atoms with Gasteiger partial charge in [-0.25, -0.2) is 0 Å².